The van der Waals surface area contributed by atoms with E-state index in [9.17, 15) is 4.79 Å². The van der Waals surface area contributed by atoms with Gasteiger partial charge < -0.3 is 4.74 Å². The Kier molecular flexibility index (Phi) is 4.84. The highest BCUT2D eigenvalue weighted by Crippen LogP contribution is 2.69. The second kappa shape index (κ2) is 7.32. The predicted molar refractivity (Wildman–Crippen MR) is 125 cm³/mol. The number of aliphatic imine (C=N–C) groups is 1. The molecule has 2 aromatic carbocycles. The summed E-state index contributed by atoms with van der Waals surface area (Å²) in [6, 6.07) is 16.2. The van der Waals surface area contributed by atoms with Crippen LogP contribution in [0, 0.1) is 22.2 Å². The molecule has 3 nitrogen and oxygen atoms in total. The van der Waals surface area contributed by atoms with Gasteiger partial charge in [0.1, 0.15) is 5.75 Å². The maximum absolute atomic E-state index is 11.1. The van der Waals surface area contributed by atoms with Gasteiger partial charge in [0.15, 0.2) is 0 Å². The second-order valence-electron chi connectivity index (χ2n) is 11.3. The SMILES string of the molecule is CC(=O)Oc1ccc(-c2ccc(C=NCC34CC5CC(C)(CC(C)(C5)C3)C4)cc2)cc1. The minimum Gasteiger partial charge on any atom is -0.427 e. The van der Waals surface area contributed by atoms with Gasteiger partial charge in [-0.25, -0.2) is 0 Å². The number of benzene rings is 2. The zero-order valence-corrected chi connectivity index (χ0v) is 19.0. The Morgan fingerprint density at radius 2 is 1.52 bits per heavy atom. The standard InChI is InChI=1S/C28H33NO2/c1-20(30)31-25-10-8-24(9-11-25)23-6-4-21(5-7-23)15-29-19-28-14-22-12-26(2,17-28)16-27(3,13-22)18-28/h4-11,15,22H,12-14,16-19H2,1-3H3. The molecule has 4 aliphatic rings. The monoisotopic (exact) mass is 415 g/mol. The van der Waals surface area contributed by atoms with E-state index in [1.165, 1.54) is 45.4 Å². The molecule has 0 radical (unpaired) electrons. The molecule has 4 saturated carbocycles. The largest absolute Gasteiger partial charge is 0.427 e. The van der Waals surface area contributed by atoms with E-state index in [0.717, 1.165) is 29.2 Å². The molecular formula is C28H33NO2. The van der Waals surface area contributed by atoms with Gasteiger partial charge in [-0.05, 0) is 89.5 Å². The van der Waals surface area contributed by atoms with Crippen molar-refractivity contribution in [3.8, 4) is 16.9 Å². The molecule has 2 atom stereocenters. The van der Waals surface area contributed by atoms with Crippen molar-refractivity contribution in [3.63, 3.8) is 0 Å². The molecule has 162 valence electrons. The molecule has 31 heavy (non-hydrogen) atoms. The van der Waals surface area contributed by atoms with Crippen molar-refractivity contribution in [3.05, 3.63) is 54.1 Å². The number of rotatable bonds is 5. The van der Waals surface area contributed by atoms with Crippen LogP contribution in [0.4, 0.5) is 0 Å². The minimum absolute atomic E-state index is 0.298. The summed E-state index contributed by atoms with van der Waals surface area (Å²) in [6.45, 7) is 7.46. The molecule has 0 heterocycles. The summed E-state index contributed by atoms with van der Waals surface area (Å²) in [5.74, 6) is 1.20. The van der Waals surface area contributed by atoms with Crippen LogP contribution in [-0.4, -0.2) is 18.7 Å². The molecule has 0 aliphatic heterocycles. The Bertz CT molecular complexity index is 986. The number of carbonyl (C=O) groups is 1. The van der Waals surface area contributed by atoms with Gasteiger partial charge in [0.2, 0.25) is 0 Å². The molecule has 4 aliphatic carbocycles. The van der Waals surface area contributed by atoms with Gasteiger partial charge in [-0.2, -0.15) is 0 Å². The number of carbonyl (C=O) groups excluding carboxylic acids is 1. The fraction of sp³-hybridized carbons (Fsp3) is 0.500. The molecule has 6 rings (SSSR count). The van der Waals surface area contributed by atoms with Crippen LogP contribution >= 0.6 is 0 Å². The smallest absolute Gasteiger partial charge is 0.308 e. The fourth-order valence-corrected chi connectivity index (χ4v) is 7.85. The lowest BCUT2D eigenvalue weighted by atomic mass is 9.40. The molecule has 0 spiro atoms. The molecule has 2 aromatic rings. The molecule has 0 N–H and O–H groups in total. The number of ether oxygens (including phenoxy) is 1. The summed E-state index contributed by atoms with van der Waals surface area (Å²) in [4.78, 5) is 16.0. The van der Waals surface area contributed by atoms with Crippen LogP contribution in [0.1, 0.15) is 64.9 Å². The van der Waals surface area contributed by atoms with Crippen molar-refractivity contribution in [2.24, 2.45) is 27.2 Å². The quantitative estimate of drug-likeness (QED) is 0.310. The van der Waals surface area contributed by atoms with Crippen molar-refractivity contribution >= 4 is 12.2 Å². The van der Waals surface area contributed by atoms with E-state index in [-0.39, 0.29) is 5.97 Å². The van der Waals surface area contributed by atoms with Crippen LogP contribution < -0.4 is 4.74 Å². The molecule has 3 heteroatoms. The van der Waals surface area contributed by atoms with E-state index >= 15 is 0 Å². The first-order valence-electron chi connectivity index (χ1n) is 11.6. The number of nitrogens with zero attached hydrogens (tertiary/aromatic N) is 1. The molecular weight excluding hydrogens is 382 g/mol. The summed E-state index contributed by atoms with van der Waals surface area (Å²) < 4.78 is 5.11. The number of hydrogen-bond donors (Lipinski definition) is 0. The third-order valence-electron chi connectivity index (χ3n) is 7.77. The normalized spacial score (nSPS) is 33.7. The Balaban J connectivity index is 1.25. The van der Waals surface area contributed by atoms with Crippen molar-refractivity contribution in [1.29, 1.82) is 0 Å². The Labute approximate surface area is 185 Å². The van der Waals surface area contributed by atoms with Crippen molar-refractivity contribution in [2.45, 2.75) is 59.3 Å². The van der Waals surface area contributed by atoms with Crippen molar-refractivity contribution in [1.82, 2.24) is 0 Å². The van der Waals surface area contributed by atoms with E-state index in [1.807, 2.05) is 24.3 Å². The van der Waals surface area contributed by atoms with Gasteiger partial charge in [-0.1, -0.05) is 50.2 Å². The van der Waals surface area contributed by atoms with Gasteiger partial charge in [0.05, 0.1) is 0 Å². The predicted octanol–water partition coefficient (Wildman–Crippen LogP) is 6.69. The second-order valence-corrected chi connectivity index (χ2v) is 11.3. The lowest BCUT2D eigenvalue weighted by Crippen LogP contribution is -2.55. The summed E-state index contributed by atoms with van der Waals surface area (Å²) in [6.07, 6.45) is 10.5. The Morgan fingerprint density at radius 1 is 0.935 bits per heavy atom. The van der Waals surface area contributed by atoms with Crippen LogP contribution in [0.15, 0.2) is 53.5 Å². The lowest BCUT2D eigenvalue weighted by molar-refractivity contribution is -0.140. The molecule has 0 amide bonds. The lowest BCUT2D eigenvalue weighted by Gasteiger charge is -2.65. The summed E-state index contributed by atoms with van der Waals surface area (Å²) in [5.41, 5.74) is 4.95. The molecule has 4 bridgehead atoms. The van der Waals surface area contributed by atoms with Gasteiger partial charge in [0.25, 0.3) is 0 Å². The summed E-state index contributed by atoms with van der Waals surface area (Å²) in [5, 5.41) is 0. The third kappa shape index (κ3) is 4.20. The number of esters is 1. The average molecular weight is 416 g/mol. The molecule has 0 saturated heterocycles. The van der Waals surface area contributed by atoms with Crippen molar-refractivity contribution < 1.29 is 9.53 Å². The van der Waals surface area contributed by atoms with E-state index in [4.69, 9.17) is 9.73 Å². The maximum Gasteiger partial charge on any atom is 0.308 e. The fourth-order valence-electron chi connectivity index (χ4n) is 7.85. The van der Waals surface area contributed by atoms with Gasteiger partial charge >= 0.3 is 5.97 Å². The highest BCUT2D eigenvalue weighted by Gasteiger charge is 2.59. The highest BCUT2D eigenvalue weighted by atomic mass is 16.5. The van der Waals surface area contributed by atoms with Gasteiger partial charge in [-0.3, -0.25) is 9.79 Å². The Hall–Kier alpha value is -2.42. The zero-order chi connectivity index (χ0) is 21.7. The summed E-state index contributed by atoms with van der Waals surface area (Å²) >= 11 is 0. The van der Waals surface area contributed by atoms with Gasteiger partial charge in [0, 0.05) is 19.7 Å². The van der Waals surface area contributed by atoms with Crippen LogP contribution in [0.25, 0.3) is 11.1 Å². The van der Waals surface area contributed by atoms with Gasteiger partial charge in [-0.15, -0.1) is 0 Å². The molecule has 0 aromatic heterocycles. The highest BCUT2D eigenvalue weighted by molar-refractivity contribution is 5.81. The van der Waals surface area contributed by atoms with Crippen LogP contribution in [0.3, 0.4) is 0 Å². The average Bonchev–Trinajstić information content (AvgIpc) is 2.66. The number of hydrogen-bond acceptors (Lipinski definition) is 3. The maximum atomic E-state index is 11.1. The van der Waals surface area contributed by atoms with E-state index < -0.39 is 0 Å². The first kappa shape index (κ1) is 20.5. The van der Waals surface area contributed by atoms with E-state index in [1.54, 1.807) is 0 Å². The summed E-state index contributed by atoms with van der Waals surface area (Å²) in [7, 11) is 0. The molecule has 2 unspecified atom stereocenters. The van der Waals surface area contributed by atoms with Crippen LogP contribution in [0.5, 0.6) is 5.75 Å². The van der Waals surface area contributed by atoms with Crippen LogP contribution in [0.2, 0.25) is 0 Å². The first-order valence-corrected chi connectivity index (χ1v) is 11.6. The van der Waals surface area contributed by atoms with E-state index in [2.05, 4.69) is 44.3 Å². The van der Waals surface area contributed by atoms with Crippen molar-refractivity contribution in [2.75, 3.05) is 6.54 Å². The van der Waals surface area contributed by atoms with E-state index in [0.29, 0.717) is 22.0 Å². The Morgan fingerprint density at radius 3 is 2.06 bits per heavy atom. The topological polar surface area (TPSA) is 38.7 Å². The zero-order valence-electron chi connectivity index (χ0n) is 19.0. The first-order chi connectivity index (χ1) is 14.7. The third-order valence-corrected chi connectivity index (χ3v) is 7.77. The van der Waals surface area contributed by atoms with Crippen LogP contribution in [-0.2, 0) is 4.79 Å². The molecule has 4 fully saturated rings. The minimum atomic E-state index is -0.298.